The molecular weight excluding hydrogens is 258 g/mol. The molecule has 6 heteroatoms. The van der Waals surface area contributed by atoms with E-state index in [9.17, 15) is 0 Å². The molecule has 0 saturated carbocycles. The van der Waals surface area contributed by atoms with E-state index in [0.29, 0.717) is 29.6 Å². The second kappa shape index (κ2) is 6.38. The minimum absolute atomic E-state index is 0.182. The average molecular weight is 277 g/mol. The fraction of sp³-hybridized carbons (Fsp3) is 0.429. The molecule has 0 radical (unpaired) electrons. The number of hydrogen-bond donors (Lipinski definition) is 1. The highest BCUT2D eigenvalue weighted by molar-refractivity contribution is 5.43. The summed E-state index contributed by atoms with van der Waals surface area (Å²) < 4.78 is 15.7. The highest BCUT2D eigenvalue weighted by Crippen LogP contribution is 2.28. The molecule has 0 bridgehead atoms. The van der Waals surface area contributed by atoms with Crippen LogP contribution in [0.1, 0.15) is 36.7 Å². The SMILES string of the molecule is CCC(N)c1noc(Cc2ccc(OC)c(OC)c2)n1. The molecule has 2 N–H and O–H groups in total. The molecule has 1 atom stereocenters. The summed E-state index contributed by atoms with van der Waals surface area (Å²) in [5, 5.41) is 3.89. The van der Waals surface area contributed by atoms with E-state index >= 15 is 0 Å². The Labute approximate surface area is 117 Å². The highest BCUT2D eigenvalue weighted by Gasteiger charge is 2.13. The van der Waals surface area contributed by atoms with E-state index in [1.165, 1.54) is 0 Å². The quantitative estimate of drug-likeness (QED) is 0.870. The molecule has 0 aliphatic heterocycles. The summed E-state index contributed by atoms with van der Waals surface area (Å²) in [6.45, 7) is 1.98. The van der Waals surface area contributed by atoms with Crippen LogP contribution in [0.25, 0.3) is 0 Å². The van der Waals surface area contributed by atoms with Crippen LogP contribution in [0.3, 0.4) is 0 Å². The van der Waals surface area contributed by atoms with Gasteiger partial charge in [-0.3, -0.25) is 0 Å². The lowest BCUT2D eigenvalue weighted by atomic mass is 10.1. The first-order valence-corrected chi connectivity index (χ1v) is 6.46. The first-order chi connectivity index (χ1) is 9.67. The second-order valence-electron chi connectivity index (χ2n) is 4.43. The summed E-state index contributed by atoms with van der Waals surface area (Å²) in [7, 11) is 3.21. The summed E-state index contributed by atoms with van der Waals surface area (Å²) in [5.41, 5.74) is 6.87. The van der Waals surface area contributed by atoms with Gasteiger partial charge in [0.15, 0.2) is 17.3 Å². The lowest BCUT2D eigenvalue weighted by Crippen LogP contribution is -2.10. The van der Waals surface area contributed by atoms with Gasteiger partial charge in [0.2, 0.25) is 5.89 Å². The second-order valence-corrected chi connectivity index (χ2v) is 4.43. The molecule has 0 aliphatic carbocycles. The van der Waals surface area contributed by atoms with Crippen molar-refractivity contribution in [2.45, 2.75) is 25.8 Å². The largest absolute Gasteiger partial charge is 0.493 e. The van der Waals surface area contributed by atoms with Gasteiger partial charge in [-0.2, -0.15) is 4.98 Å². The molecule has 0 aliphatic rings. The topological polar surface area (TPSA) is 83.4 Å². The van der Waals surface area contributed by atoms with Gasteiger partial charge in [0, 0.05) is 0 Å². The van der Waals surface area contributed by atoms with Gasteiger partial charge in [-0.05, 0) is 24.1 Å². The predicted octanol–water partition coefficient (Wildman–Crippen LogP) is 2.09. The lowest BCUT2D eigenvalue weighted by molar-refractivity contribution is 0.354. The van der Waals surface area contributed by atoms with Gasteiger partial charge in [-0.1, -0.05) is 18.1 Å². The summed E-state index contributed by atoms with van der Waals surface area (Å²) in [6.07, 6.45) is 1.30. The van der Waals surface area contributed by atoms with Gasteiger partial charge in [0.05, 0.1) is 26.7 Å². The van der Waals surface area contributed by atoms with Gasteiger partial charge >= 0.3 is 0 Å². The Kier molecular flexibility index (Phi) is 4.57. The zero-order valence-corrected chi connectivity index (χ0v) is 11.9. The maximum absolute atomic E-state index is 5.86. The average Bonchev–Trinajstić information content (AvgIpc) is 2.94. The van der Waals surface area contributed by atoms with Crippen LogP contribution in [-0.4, -0.2) is 24.4 Å². The summed E-state index contributed by atoms with van der Waals surface area (Å²) in [5.74, 6) is 2.45. The minimum atomic E-state index is -0.182. The number of rotatable bonds is 6. The van der Waals surface area contributed by atoms with E-state index in [1.54, 1.807) is 14.2 Å². The number of aromatic nitrogens is 2. The Bertz CT molecular complexity index is 569. The Hall–Kier alpha value is -2.08. The van der Waals surface area contributed by atoms with E-state index < -0.39 is 0 Å². The van der Waals surface area contributed by atoms with Crippen molar-refractivity contribution < 1.29 is 14.0 Å². The normalized spacial score (nSPS) is 12.2. The van der Waals surface area contributed by atoms with Crippen LogP contribution < -0.4 is 15.2 Å². The third-order valence-electron chi connectivity index (χ3n) is 3.06. The number of ether oxygens (including phenoxy) is 2. The van der Waals surface area contributed by atoms with E-state index in [-0.39, 0.29) is 6.04 Å². The number of nitrogens with zero attached hydrogens (tertiary/aromatic N) is 2. The van der Waals surface area contributed by atoms with Gasteiger partial charge in [0.25, 0.3) is 0 Å². The molecule has 2 rings (SSSR count). The van der Waals surface area contributed by atoms with Crippen LogP contribution >= 0.6 is 0 Å². The smallest absolute Gasteiger partial charge is 0.231 e. The Balaban J connectivity index is 2.15. The Morgan fingerprint density at radius 1 is 1.25 bits per heavy atom. The zero-order chi connectivity index (χ0) is 14.5. The van der Waals surface area contributed by atoms with Crippen LogP contribution in [0.15, 0.2) is 22.7 Å². The first kappa shape index (κ1) is 14.3. The molecule has 1 aromatic heterocycles. The van der Waals surface area contributed by atoms with Crippen LogP contribution in [-0.2, 0) is 6.42 Å². The molecule has 2 aromatic rings. The van der Waals surface area contributed by atoms with Crippen LogP contribution in [0.2, 0.25) is 0 Å². The van der Waals surface area contributed by atoms with Gasteiger partial charge in [-0.25, -0.2) is 0 Å². The Morgan fingerprint density at radius 2 is 2.00 bits per heavy atom. The van der Waals surface area contributed by atoms with E-state index in [1.807, 2.05) is 25.1 Å². The molecule has 0 fully saturated rings. The van der Waals surface area contributed by atoms with Crippen LogP contribution in [0.4, 0.5) is 0 Å². The molecule has 0 amide bonds. The van der Waals surface area contributed by atoms with Crippen molar-refractivity contribution in [3.8, 4) is 11.5 Å². The first-order valence-electron chi connectivity index (χ1n) is 6.46. The van der Waals surface area contributed by atoms with Gasteiger partial charge < -0.3 is 19.7 Å². The van der Waals surface area contributed by atoms with Crippen LogP contribution in [0.5, 0.6) is 11.5 Å². The van der Waals surface area contributed by atoms with Crippen molar-refractivity contribution in [1.29, 1.82) is 0 Å². The molecule has 6 nitrogen and oxygen atoms in total. The fourth-order valence-electron chi connectivity index (χ4n) is 1.84. The maximum Gasteiger partial charge on any atom is 0.231 e. The maximum atomic E-state index is 5.86. The van der Waals surface area contributed by atoms with Crippen molar-refractivity contribution in [3.05, 3.63) is 35.5 Å². The van der Waals surface area contributed by atoms with Gasteiger partial charge in [0.1, 0.15) is 0 Å². The van der Waals surface area contributed by atoms with Crippen molar-refractivity contribution in [2.75, 3.05) is 14.2 Å². The van der Waals surface area contributed by atoms with E-state index in [0.717, 1.165) is 12.0 Å². The third-order valence-corrected chi connectivity index (χ3v) is 3.06. The van der Waals surface area contributed by atoms with Crippen molar-refractivity contribution in [2.24, 2.45) is 5.73 Å². The van der Waals surface area contributed by atoms with E-state index in [2.05, 4.69) is 10.1 Å². The zero-order valence-electron chi connectivity index (χ0n) is 11.9. The monoisotopic (exact) mass is 277 g/mol. The van der Waals surface area contributed by atoms with Crippen molar-refractivity contribution in [1.82, 2.24) is 10.1 Å². The summed E-state index contributed by atoms with van der Waals surface area (Å²) in [4.78, 5) is 4.30. The fourth-order valence-corrected chi connectivity index (χ4v) is 1.84. The molecule has 0 spiro atoms. The van der Waals surface area contributed by atoms with Crippen molar-refractivity contribution in [3.63, 3.8) is 0 Å². The number of nitrogens with two attached hydrogens (primary N) is 1. The summed E-state index contributed by atoms with van der Waals surface area (Å²) in [6, 6.07) is 5.49. The molecule has 1 aromatic carbocycles. The van der Waals surface area contributed by atoms with Crippen molar-refractivity contribution >= 4 is 0 Å². The molecular formula is C14H19N3O3. The molecule has 1 unspecified atom stereocenters. The Morgan fingerprint density at radius 3 is 2.65 bits per heavy atom. The third kappa shape index (κ3) is 3.08. The summed E-state index contributed by atoms with van der Waals surface area (Å²) >= 11 is 0. The number of benzene rings is 1. The predicted molar refractivity (Wildman–Crippen MR) is 73.9 cm³/mol. The molecule has 0 saturated heterocycles. The standard InChI is InChI=1S/C14H19N3O3/c1-4-10(15)14-16-13(20-17-14)8-9-5-6-11(18-2)12(7-9)19-3/h5-7,10H,4,8,15H2,1-3H3. The van der Waals surface area contributed by atoms with E-state index in [4.69, 9.17) is 19.7 Å². The molecule has 108 valence electrons. The molecule has 1 heterocycles. The molecule has 20 heavy (non-hydrogen) atoms. The minimum Gasteiger partial charge on any atom is -0.493 e. The van der Waals surface area contributed by atoms with Gasteiger partial charge in [-0.15, -0.1) is 0 Å². The number of hydrogen-bond acceptors (Lipinski definition) is 6. The lowest BCUT2D eigenvalue weighted by Gasteiger charge is -2.08. The number of methoxy groups -OCH3 is 2. The van der Waals surface area contributed by atoms with Crippen LogP contribution in [0, 0.1) is 0 Å². The highest BCUT2D eigenvalue weighted by atomic mass is 16.5.